The highest BCUT2D eigenvalue weighted by Crippen LogP contribution is 2.24. The maximum atomic E-state index is 13.1. The van der Waals surface area contributed by atoms with Crippen LogP contribution in [0, 0.1) is 0 Å². The number of carbonyl (C=O) groups is 2. The number of nitrogens with zero attached hydrogens (tertiary/aromatic N) is 2. The number of amides is 1. The number of nitrogens with one attached hydrogen (secondary N) is 1. The van der Waals surface area contributed by atoms with Crippen molar-refractivity contribution in [1.29, 1.82) is 0 Å². The van der Waals surface area contributed by atoms with E-state index < -0.39 is 0 Å². The average molecular weight is 361 g/mol. The molecule has 0 saturated carbocycles. The highest BCUT2D eigenvalue weighted by Gasteiger charge is 2.15. The van der Waals surface area contributed by atoms with Crippen LogP contribution in [-0.4, -0.2) is 30.8 Å². The Balaban J connectivity index is 1.96. The van der Waals surface area contributed by atoms with Gasteiger partial charge in [-0.2, -0.15) is 0 Å². The van der Waals surface area contributed by atoms with Gasteiger partial charge in [0.15, 0.2) is 0 Å². The largest absolute Gasteiger partial charge is 0.378 e. The van der Waals surface area contributed by atoms with Crippen LogP contribution in [0.25, 0.3) is 10.9 Å². The highest BCUT2D eigenvalue weighted by atomic mass is 16.1. The molecule has 0 aliphatic rings. The molecule has 1 aromatic heterocycles. The number of pyridine rings is 1. The summed E-state index contributed by atoms with van der Waals surface area (Å²) >= 11 is 0. The molecule has 0 unspecified atom stereocenters. The second kappa shape index (κ2) is 7.99. The first-order chi connectivity index (χ1) is 13.0. The number of hydrogen-bond acceptors (Lipinski definition) is 4. The third-order valence-electron chi connectivity index (χ3n) is 4.48. The van der Waals surface area contributed by atoms with E-state index in [1.165, 1.54) is 0 Å². The van der Waals surface area contributed by atoms with Crippen LogP contribution in [0.1, 0.15) is 29.3 Å². The normalized spacial score (nSPS) is 10.6. The van der Waals surface area contributed by atoms with Crippen LogP contribution < -0.4 is 10.2 Å². The smallest absolute Gasteiger partial charge is 0.256 e. The number of Topliss-reactive ketones (excluding diaryl/α,β-unsaturated/α-hetero) is 1. The zero-order valence-electron chi connectivity index (χ0n) is 15.8. The van der Waals surface area contributed by atoms with Crippen molar-refractivity contribution in [2.45, 2.75) is 19.8 Å². The molecule has 0 aliphatic heterocycles. The van der Waals surface area contributed by atoms with Crippen LogP contribution in [0.3, 0.4) is 0 Å². The van der Waals surface area contributed by atoms with Gasteiger partial charge in [-0.1, -0.05) is 24.3 Å². The first-order valence-corrected chi connectivity index (χ1v) is 8.90. The van der Waals surface area contributed by atoms with E-state index in [0.717, 1.165) is 22.2 Å². The topological polar surface area (TPSA) is 62.3 Å². The molecular formula is C22H23N3O2. The Kier molecular flexibility index (Phi) is 5.50. The molecule has 0 spiro atoms. The summed E-state index contributed by atoms with van der Waals surface area (Å²) in [6.45, 7) is 1.57. The molecule has 27 heavy (non-hydrogen) atoms. The molecule has 0 saturated heterocycles. The van der Waals surface area contributed by atoms with Crippen molar-refractivity contribution in [2.24, 2.45) is 0 Å². The van der Waals surface area contributed by atoms with E-state index in [-0.39, 0.29) is 11.7 Å². The van der Waals surface area contributed by atoms with E-state index in [4.69, 9.17) is 0 Å². The Morgan fingerprint density at radius 2 is 1.85 bits per heavy atom. The van der Waals surface area contributed by atoms with Gasteiger partial charge in [-0.05, 0) is 43.2 Å². The molecule has 0 aliphatic carbocycles. The summed E-state index contributed by atoms with van der Waals surface area (Å²) < 4.78 is 0. The zero-order valence-corrected chi connectivity index (χ0v) is 15.8. The van der Waals surface area contributed by atoms with Crippen molar-refractivity contribution in [1.82, 2.24) is 4.98 Å². The van der Waals surface area contributed by atoms with E-state index in [1.54, 1.807) is 13.1 Å². The van der Waals surface area contributed by atoms with Crippen molar-refractivity contribution < 1.29 is 9.59 Å². The quantitative estimate of drug-likeness (QED) is 0.719. The van der Waals surface area contributed by atoms with Gasteiger partial charge >= 0.3 is 0 Å². The minimum absolute atomic E-state index is 0.108. The van der Waals surface area contributed by atoms with E-state index in [9.17, 15) is 9.59 Å². The van der Waals surface area contributed by atoms with Gasteiger partial charge in [0.05, 0.1) is 11.2 Å². The number of aryl methyl sites for hydroxylation is 1. The Bertz CT molecular complexity index is 991. The first-order valence-electron chi connectivity index (χ1n) is 8.90. The van der Waals surface area contributed by atoms with Gasteiger partial charge in [0.1, 0.15) is 5.78 Å². The zero-order chi connectivity index (χ0) is 19.4. The Labute approximate surface area is 159 Å². The number of aromatic nitrogens is 1. The van der Waals surface area contributed by atoms with Crippen LogP contribution in [-0.2, 0) is 11.2 Å². The van der Waals surface area contributed by atoms with Gasteiger partial charge in [0.2, 0.25) is 0 Å². The fourth-order valence-corrected chi connectivity index (χ4v) is 2.98. The number of carbonyl (C=O) groups excluding carboxylic acids is 2. The van der Waals surface area contributed by atoms with Crippen molar-refractivity contribution in [3.63, 3.8) is 0 Å². The lowest BCUT2D eigenvalue weighted by Gasteiger charge is -2.17. The van der Waals surface area contributed by atoms with Crippen molar-refractivity contribution in [3.8, 4) is 0 Å². The fraction of sp³-hybridized carbons (Fsp3) is 0.227. The van der Waals surface area contributed by atoms with Crippen molar-refractivity contribution in [2.75, 3.05) is 24.3 Å². The second-order valence-corrected chi connectivity index (χ2v) is 6.77. The number of benzene rings is 2. The number of rotatable bonds is 6. The van der Waals surface area contributed by atoms with Crippen molar-refractivity contribution >= 4 is 34.0 Å². The minimum Gasteiger partial charge on any atom is -0.378 e. The van der Waals surface area contributed by atoms with E-state index >= 15 is 0 Å². The lowest BCUT2D eigenvalue weighted by atomic mass is 10.00. The highest BCUT2D eigenvalue weighted by molar-refractivity contribution is 6.09. The summed E-state index contributed by atoms with van der Waals surface area (Å²) in [5, 5.41) is 3.96. The average Bonchev–Trinajstić information content (AvgIpc) is 2.66. The molecule has 1 N–H and O–H groups in total. The second-order valence-electron chi connectivity index (χ2n) is 6.77. The molecule has 0 radical (unpaired) electrons. The van der Waals surface area contributed by atoms with E-state index in [2.05, 4.69) is 10.3 Å². The first kappa shape index (κ1) is 18.6. The summed E-state index contributed by atoms with van der Waals surface area (Å²) in [6.07, 6.45) is 2.67. The third kappa shape index (κ3) is 4.31. The number of hydrogen-bond donors (Lipinski definition) is 1. The van der Waals surface area contributed by atoms with Gasteiger partial charge < -0.3 is 15.0 Å². The van der Waals surface area contributed by atoms with Crippen molar-refractivity contribution in [3.05, 3.63) is 65.9 Å². The number of fused-ring (bicyclic) bond motifs is 1. The molecule has 5 nitrogen and oxygen atoms in total. The van der Waals surface area contributed by atoms with Gasteiger partial charge in [0.25, 0.3) is 5.91 Å². The lowest BCUT2D eigenvalue weighted by molar-refractivity contribution is -0.116. The molecule has 0 fully saturated rings. The molecular weight excluding hydrogens is 338 g/mol. The Hall–Kier alpha value is -3.21. The summed E-state index contributed by atoms with van der Waals surface area (Å²) in [5.41, 5.74) is 3.80. The molecule has 0 bridgehead atoms. The van der Waals surface area contributed by atoms with Crippen LogP contribution in [0.5, 0.6) is 0 Å². The van der Waals surface area contributed by atoms with Gasteiger partial charge in [-0.25, -0.2) is 0 Å². The monoisotopic (exact) mass is 361 g/mol. The molecule has 1 heterocycles. The van der Waals surface area contributed by atoms with Crippen LogP contribution >= 0.6 is 0 Å². The SMILES string of the molecule is CC(=O)CCc1ccc(N(C)C)cc1C(=O)Nc1cccc2cccnc12. The third-order valence-corrected chi connectivity index (χ3v) is 4.48. The molecule has 5 heteroatoms. The number of para-hydroxylation sites is 1. The molecule has 3 rings (SSSR count). The Morgan fingerprint density at radius 3 is 2.59 bits per heavy atom. The molecule has 1 amide bonds. The molecule has 0 atom stereocenters. The van der Waals surface area contributed by atoms with Crippen LogP contribution in [0.2, 0.25) is 0 Å². The van der Waals surface area contributed by atoms with Crippen LogP contribution in [0.15, 0.2) is 54.7 Å². The molecule has 2 aromatic carbocycles. The maximum Gasteiger partial charge on any atom is 0.256 e. The molecule has 138 valence electrons. The van der Waals surface area contributed by atoms with Crippen LogP contribution in [0.4, 0.5) is 11.4 Å². The number of anilines is 2. The summed E-state index contributed by atoms with van der Waals surface area (Å²) in [7, 11) is 3.86. The minimum atomic E-state index is -0.199. The lowest BCUT2D eigenvalue weighted by Crippen LogP contribution is -2.17. The fourth-order valence-electron chi connectivity index (χ4n) is 2.98. The van der Waals surface area contributed by atoms with Gasteiger partial charge in [-0.3, -0.25) is 9.78 Å². The maximum absolute atomic E-state index is 13.1. The summed E-state index contributed by atoms with van der Waals surface area (Å²) in [5.74, 6) is -0.0910. The predicted octanol–water partition coefficient (Wildman–Crippen LogP) is 4.07. The Morgan fingerprint density at radius 1 is 1.07 bits per heavy atom. The van der Waals surface area contributed by atoms with E-state index in [0.29, 0.717) is 24.1 Å². The number of ketones is 1. The van der Waals surface area contributed by atoms with Gasteiger partial charge in [-0.15, -0.1) is 0 Å². The predicted molar refractivity (Wildman–Crippen MR) is 109 cm³/mol. The summed E-state index contributed by atoms with van der Waals surface area (Å²) in [4.78, 5) is 30.8. The standard InChI is InChI=1S/C22H23N3O2/c1-15(26)9-10-16-11-12-18(25(2)3)14-19(16)22(27)24-20-8-4-6-17-7-5-13-23-21(17)20/h4-8,11-14H,9-10H2,1-3H3,(H,24,27). The van der Waals surface area contributed by atoms with Gasteiger partial charge in [0, 0.05) is 43.4 Å². The molecule has 3 aromatic rings. The van der Waals surface area contributed by atoms with E-state index in [1.807, 2.05) is 67.5 Å². The summed E-state index contributed by atoms with van der Waals surface area (Å²) in [6, 6.07) is 15.3.